The van der Waals surface area contributed by atoms with Crippen LogP contribution in [0.3, 0.4) is 0 Å². The SMILES string of the molecule is CN1CCC(COc2cccc(Cl)n2)CC1. The van der Waals surface area contributed by atoms with Crippen LogP contribution >= 0.6 is 11.6 Å². The van der Waals surface area contributed by atoms with E-state index in [1.807, 2.05) is 12.1 Å². The van der Waals surface area contributed by atoms with Gasteiger partial charge in [-0.3, -0.25) is 0 Å². The van der Waals surface area contributed by atoms with E-state index in [2.05, 4.69) is 16.9 Å². The molecule has 2 rings (SSSR count). The van der Waals surface area contributed by atoms with Crippen molar-refractivity contribution in [2.45, 2.75) is 12.8 Å². The quantitative estimate of drug-likeness (QED) is 0.759. The van der Waals surface area contributed by atoms with Crippen molar-refractivity contribution in [1.29, 1.82) is 0 Å². The lowest BCUT2D eigenvalue weighted by Crippen LogP contribution is -2.32. The molecule has 0 saturated carbocycles. The maximum absolute atomic E-state index is 5.79. The molecule has 4 heteroatoms. The molecule has 1 aromatic heterocycles. The molecule has 0 bridgehead atoms. The Morgan fingerprint density at radius 2 is 2.19 bits per heavy atom. The third-order valence-electron chi connectivity index (χ3n) is 2.99. The van der Waals surface area contributed by atoms with E-state index in [1.54, 1.807) is 6.07 Å². The van der Waals surface area contributed by atoms with Crippen LogP contribution in [0.15, 0.2) is 18.2 Å². The van der Waals surface area contributed by atoms with Crippen LogP contribution in [0.2, 0.25) is 5.15 Å². The number of nitrogens with zero attached hydrogens (tertiary/aromatic N) is 2. The Hall–Kier alpha value is -0.800. The van der Waals surface area contributed by atoms with Crippen LogP contribution in [0.4, 0.5) is 0 Å². The van der Waals surface area contributed by atoms with Crippen molar-refractivity contribution in [2.75, 3.05) is 26.7 Å². The van der Waals surface area contributed by atoms with Gasteiger partial charge in [-0.1, -0.05) is 17.7 Å². The van der Waals surface area contributed by atoms with Gasteiger partial charge in [0.25, 0.3) is 0 Å². The Labute approximate surface area is 101 Å². The Morgan fingerprint density at radius 1 is 1.44 bits per heavy atom. The number of pyridine rings is 1. The van der Waals surface area contributed by atoms with Crippen molar-refractivity contribution < 1.29 is 4.74 Å². The summed E-state index contributed by atoms with van der Waals surface area (Å²) in [6, 6.07) is 5.46. The highest BCUT2D eigenvalue weighted by atomic mass is 35.5. The van der Waals surface area contributed by atoms with Crippen LogP contribution in [-0.2, 0) is 0 Å². The van der Waals surface area contributed by atoms with Crippen molar-refractivity contribution in [3.63, 3.8) is 0 Å². The molecule has 2 heterocycles. The van der Waals surface area contributed by atoms with Gasteiger partial charge in [-0.25, -0.2) is 4.98 Å². The summed E-state index contributed by atoms with van der Waals surface area (Å²) in [4.78, 5) is 6.46. The van der Waals surface area contributed by atoms with Crippen LogP contribution < -0.4 is 4.74 Å². The highest BCUT2D eigenvalue weighted by molar-refractivity contribution is 6.29. The Bertz CT molecular complexity index is 338. The summed E-state index contributed by atoms with van der Waals surface area (Å²) >= 11 is 5.79. The first-order valence-corrected chi connectivity index (χ1v) is 6.06. The summed E-state index contributed by atoms with van der Waals surface area (Å²) in [6.45, 7) is 3.08. The van der Waals surface area contributed by atoms with E-state index in [4.69, 9.17) is 16.3 Å². The molecule has 1 fully saturated rings. The first-order valence-electron chi connectivity index (χ1n) is 5.68. The Balaban J connectivity index is 1.79. The first-order chi connectivity index (χ1) is 7.74. The van der Waals surface area contributed by atoms with Crippen LogP contribution in [0.1, 0.15) is 12.8 Å². The van der Waals surface area contributed by atoms with Crippen LogP contribution in [0.25, 0.3) is 0 Å². The second-order valence-electron chi connectivity index (χ2n) is 4.36. The molecule has 16 heavy (non-hydrogen) atoms. The monoisotopic (exact) mass is 240 g/mol. The van der Waals surface area contributed by atoms with E-state index in [-0.39, 0.29) is 0 Å². The number of piperidine rings is 1. The zero-order chi connectivity index (χ0) is 11.4. The average Bonchev–Trinajstić information content (AvgIpc) is 2.28. The van der Waals surface area contributed by atoms with Gasteiger partial charge in [-0.05, 0) is 45.0 Å². The average molecular weight is 241 g/mol. The van der Waals surface area contributed by atoms with Gasteiger partial charge in [0.05, 0.1) is 6.61 Å². The summed E-state index contributed by atoms with van der Waals surface area (Å²) in [5.74, 6) is 1.28. The number of hydrogen-bond donors (Lipinski definition) is 0. The molecule has 0 aliphatic carbocycles. The molecular weight excluding hydrogens is 224 g/mol. The second-order valence-corrected chi connectivity index (χ2v) is 4.74. The van der Waals surface area contributed by atoms with Gasteiger partial charge in [-0.2, -0.15) is 0 Å². The molecule has 0 radical (unpaired) electrons. The molecular formula is C12H17ClN2O. The molecule has 0 unspecified atom stereocenters. The fourth-order valence-corrected chi connectivity index (χ4v) is 2.06. The molecule has 0 atom stereocenters. The van der Waals surface area contributed by atoms with Crippen LogP contribution in [0, 0.1) is 5.92 Å². The summed E-state index contributed by atoms with van der Waals surface area (Å²) in [5.41, 5.74) is 0. The fraction of sp³-hybridized carbons (Fsp3) is 0.583. The Morgan fingerprint density at radius 3 is 2.88 bits per heavy atom. The lowest BCUT2D eigenvalue weighted by Gasteiger charge is -2.28. The molecule has 1 aliphatic heterocycles. The van der Waals surface area contributed by atoms with Crippen molar-refractivity contribution in [2.24, 2.45) is 5.92 Å². The smallest absolute Gasteiger partial charge is 0.214 e. The van der Waals surface area contributed by atoms with Crippen molar-refractivity contribution >= 4 is 11.6 Å². The summed E-state index contributed by atoms with van der Waals surface area (Å²) in [5, 5.41) is 0.487. The molecule has 1 aromatic rings. The summed E-state index contributed by atoms with van der Waals surface area (Å²) in [7, 11) is 2.16. The highest BCUT2D eigenvalue weighted by Gasteiger charge is 2.17. The van der Waals surface area contributed by atoms with Crippen molar-refractivity contribution in [3.05, 3.63) is 23.4 Å². The van der Waals surface area contributed by atoms with Gasteiger partial charge >= 0.3 is 0 Å². The lowest BCUT2D eigenvalue weighted by molar-refractivity contribution is 0.157. The van der Waals surface area contributed by atoms with E-state index in [1.165, 1.54) is 12.8 Å². The maximum Gasteiger partial charge on any atom is 0.214 e. The number of aromatic nitrogens is 1. The lowest BCUT2D eigenvalue weighted by atomic mass is 9.98. The van der Waals surface area contributed by atoms with Gasteiger partial charge in [0.1, 0.15) is 5.15 Å². The summed E-state index contributed by atoms with van der Waals surface area (Å²) < 4.78 is 5.65. The predicted molar refractivity (Wildman–Crippen MR) is 65.0 cm³/mol. The third-order valence-corrected chi connectivity index (χ3v) is 3.21. The zero-order valence-electron chi connectivity index (χ0n) is 9.53. The molecule has 0 spiro atoms. The van der Waals surface area contributed by atoms with E-state index >= 15 is 0 Å². The minimum absolute atomic E-state index is 0.487. The van der Waals surface area contributed by atoms with Crippen molar-refractivity contribution in [3.8, 4) is 5.88 Å². The van der Waals surface area contributed by atoms with Gasteiger partial charge in [-0.15, -0.1) is 0 Å². The zero-order valence-corrected chi connectivity index (χ0v) is 10.3. The van der Waals surface area contributed by atoms with Crippen molar-refractivity contribution in [1.82, 2.24) is 9.88 Å². The number of ether oxygens (including phenoxy) is 1. The molecule has 3 nitrogen and oxygen atoms in total. The molecule has 1 aliphatic rings. The third kappa shape index (κ3) is 3.35. The number of rotatable bonds is 3. The molecule has 0 amide bonds. The van der Waals surface area contributed by atoms with E-state index in [0.717, 1.165) is 19.7 Å². The second kappa shape index (κ2) is 5.51. The molecule has 0 N–H and O–H groups in total. The Kier molecular flexibility index (Phi) is 4.02. The number of likely N-dealkylation sites (tertiary alicyclic amines) is 1. The van der Waals surface area contributed by atoms with E-state index < -0.39 is 0 Å². The largest absolute Gasteiger partial charge is 0.477 e. The maximum atomic E-state index is 5.79. The minimum Gasteiger partial charge on any atom is -0.477 e. The fourth-order valence-electron chi connectivity index (χ4n) is 1.90. The highest BCUT2D eigenvalue weighted by Crippen LogP contribution is 2.18. The number of hydrogen-bond acceptors (Lipinski definition) is 3. The minimum atomic E-state index is 0.487. The van der Waals surface area contributed by atoms with E-state index in [0.29, 0.717) is 17.0 Å². The predicted octanol–water partition coefficient (Wildman–Crippen LogP) is 2.46. The van der Waals surface area contributed by atoms with Gasteiger partial charge in [0, 0.05) is 6.07 Å². The van der Waals surface area contributed by atoms with Crippen LogP contribution in [-0.4, -0.2) is 36.6 Å². The summed E-state index contributed by atoms with van der Waals surface area (Å²) in [6.07, 6.45) is 2.41. The standard InChI is InChI=1S/C12H17ClN2O/c1-15-7-5-10(6-8-15)9-16-12-4-2-3-11(13)14-12/h2-4,10H,5-9H2,1H3. The van der Waals surface area contributed by atoms with Gasteiger partial charge in [0.2, 0.25) is 5.88 Å². The van der Waals surface area contributed by atoms with E-state index in [9.17, 15) is 0 Å². The van der Waals surface area contributed by atoms with Gasteiger partial charge < -0.3 is 9.64 Å². The van der Waals surface area contributed by atoms with Gasteiger partial charge in [0.15, 0.2) is 0 Å². The molecule has 1 saturated heterocycles. The molecule has 88 valence electrons. The van der Waals surface area contributed by atoms with Crippen LogP contribution in [0.5, 0.6) is 5.88 Å². The topological polar surface area (TPSA) is 25.4 Å². The number of halogens is 1. The normalized spacial score (nSPS) is 18.6. The molecule has 0 aromatic carbocycles. The first kappa shape index (κ1) is 11.7.